The van der Waals surface area contributed by atoms with E-state index < -0.39 is 11.7 Å². The van der Waals surface area contributed by atoms with E-state index in [1.54, 1.807) is 71.6 Å². The number of benzene rings is 2. The number of nitrogens with one attached hydrogen (secondary N) is 3. The van der Waals surface area contributed by atoms with E-state index in [0.29, 0.717) is 47.6 Å². The summed E-state index contributed by atoms with van der Waals surface area (Å²) < 4.78 is 21.8. The van der Waals surface area contributed by atoms with Crippen LogP contribution >= 0.6 is 0 Å². The first kappa shape index (κ1) is 60.2. The molecule has 18 nitrogen and oxygen atoms in total. The van der Waals surface area contributed by atoms with Gasteiger partial charge in [0.25, 0.3) is 11.5 Å². The number of carbonyl (C=O) groups excluding carboxylic acids is 5. The van der Waals surface area contributed by atoms with Gasteiger partial charge in [0.15, 0.2) is 6.29 Å². The third-order valence-electron chi connectivity index (χ3n) is 9.77. The van der Waals surface area contributed by atoms with Crippen molar-refractivity contribution in [2.45, 2.75) is 47.6 Å². The van der Waals surface area contributed by atoms with Gasteiger partial charge in [0.05, 0.1) is 42.4 Å². The summed E-state index contributed by atoms with van der Waals surface area (Å²) in [6.45, 7) is 13.2. The van der Waals surface area contributed by atoms with Gasteiger partial charge in [-0.1, -0.05) is 51.1 Å². The van der Waals surface area contributed by atoms with Crippen LogP contribution in [0.5, 0.6) is 0 Å². The first-order valence-electron chi connectivity index (χ1n) is 22.1. The Labute approximate surface area is 393 Å². The molecule has 68 heavy (non-hydrogen) atoms. The van der Waals surface area contributed by atoms with Crippen LogP contribution in [0, 0.1) is 12.7 Å². The number of ether oxygens (including phenoxy) is 1. The van der Waals surface area contributed by atoms with Gasteiger partial charge in [0.1, 0.15) is 5.82 Å². The van der Waals surface area contributed by atoms with Gasteiger partial charge in [-0.15, -0.1) is 0 Å². The summed E-state index contributed by atoms with van der Waals surface area (Å²) in [5, 5.41) is 9.68. The van der Waals surface area contributed by atoms with Crippen molar-refractivity contribution >= 4 is 42.3 Å². The van der Waals surface area contributed by atoms with Crippen LogP contribution in [0.3, 0.4) is 0 Å². The predicted octanol–water partition coefficient (Wildman–Crippen LogP) is 2.87. The van der Waals surface area contributed by atoms with E-state index in [1.165, 1.54) is 29.0 Å². The average Bonchev–Trinajstić information content (AvgIpc) is 3.37. The maximum Gasteiger partial charge on any atom is 0.256 e. The molecular weight excluding hydrogens is 1120 g/mol. The minimum Gasteiger partial charge on any atom is -0.520 e. The molecule has 7 N–H and O–H groups in total. The Balaban J connectivity index is 0.00000142. The summed E-state index contributed by atoms with van der Waals surface area (Å²) in [4.78, 5) is 78.9. The quantitative estimate of drug-likeness (QED) is 0.0228. The Morgan fingerprint density at radius 3 is 2.21 bits per heavy atom. The van der Waals surface area contributed by atoms with Crippen molar-refractivity contribution in [1.82, 2.24) is 40.3 Å². The topological polar surface area (TPSA) is 240 Å². The summed E-state index contributed by atoms with van der Waals surface area (Å²) in [7, 11) is 5.06. The van der Waals surface area contributed by atoms with E-state index >= 15 is 0 Å². The molecule has 5 rings (SSSR count). The molecule has 2 aromatic carbocycles. The minimum absolute atomic E-state index is 0. The van der Waals surface area contributed by atoms with E-state index in [9.17, 15) is 33.2 Å². The van der Waals surface area contributed by atoms with Crippen LogP contribution in [-0.4, -0.2) is 148 Å². The van der Waals surface area contributed by atoms with Crippen LogP contribution in [0.25, 0.3) is 11.1 Å². The molecule has 1 saturated heterocycles. The van der Waals surface area contributed by atoms with Crippen LogP contribution in [0.15, 0.2) is 83.0 Å². The molecule has 0 unspecified atom stereocenters. The Morgan fingerprint density at radius 2 is 1.62 bits per heavy atom. The van der Waals surface area contributed by atoms with Crippen molar-refractivity contribution < 1.29 is 33.1 Å². The number of hydrogen-bond donors (Lipinski definition) is 5. The molecule has 1 fully saturated rings. The summed E-state index contributed by atoms with van der Waals surface area (Å²) in [5.74, 6) is -1.46. The standard InChI is InChI=1S/C29H34FN6O6.C13H15N3O.C3H9N.C2H6.CH5N.Fm/c1-31-33-27(24-5-3-2-4-23(24)19-37)17-22-6-7-26(30)25(16-22)29(41)36-11-9-35(10-12-36)28(40)18-34(21-39)13-15-42-14-8-32-20-38;1-3-16-8-10(4-5-13(16)17)11-6-12(14)9(2)15-7-11;1-3-4-2;2*1-2;/h2-7,16,19-20,31H,8-15,17-18H2,1H3,(H,32,38);4-8H,3,14H2,1-2H3;4H,3H2,1-2H3;1-2H3;2H2,1H3;/q-1;;;;;/b33-27-;;;;;. The molecule has 0 radical (unpaired) electrons. The molecule has 1 aliphatic heterocycles. The molecule has 378 valence electrons. The normalized spacial score (nSPS) is 11.5. The smallest absolute Gasteiger partial charge is 0.256 e. The van der Waals surface area contributed by atoms with Crippen LogP contribution in [0.1, 0.15) is 65.2 Å². The summed E-state index contributed by atoms with van der Waals surface area (Å²) in [6, 6.07) is 16.5. The zero-order chi connectivity index (χ0) is 50.1. The molecule has 0 saturated carbocycles. The number of aldehydes is 1. The maximum absolute atomic E-state index is 14.8. The van der Waals surface area contributed by atoms with Gasteiger partial charge in [0.2, 0.25) is 12.3 Å². The van der Waals surface area contributed by atoms with Crippen LogP contribution in [0.4, 0.5) is 10.1 Å². The number of nitrogens with zero attached hydrogens (tertiary/aromatic N) is 6. The second kappa shape index (κ2) is 34.5. The molecule has 0 aliphatic carbocycles. The second-order valence-electron chi connectivity index (χ2n) is 14.0. The van der Waals surface area contributed by atoms with Crippen molar-refractivity contribution in [3.05, 3.63) is 117 Å². The molecule has 0 spiro atoms. The zero-order valence-electron chi connectivity index (χ0n) is 40.4. The largest absolute Gasteiger partial charge is 0.520 e. The molecule has 2 aromatic heterocycles. The van der Waals surface area contributed by atoms with E-state index in [2.05, 4.69) is 38.8 Å². The fraction of sp³-hybridized carbons (Fsp3) is 0.417. The second-order valence-corrected chi connectivity index (χ2v) is 14.0. The Bertz CT molecular complexity index is 2220. The summed E-state index contributed by atoms with van der Waals surface area (Å²) >= 11 is 0. The first-order valence-corrected chi connectivity index (χ1v) is 22.1. The number of nitrogens with two attached hydrogens (primary N) is 2. The number of nitrogen functional groups attached to an aromatic ring is 1. The van der Waals surface area contributed by atoms with E-state index in [4.69, 9.17) is 10.5 Å². The number of hydrogen-bond acceptors (Lipinski definition) is 13. The van der Waals surface area contributed by atoms with Crippen molar-refractivity contribution in [3.8, 4) is 11.1 Å². The van der Waals surface area contributed by atoms with Crippen LogP contribution in [0.2, 0.25) is 0 Å². The number of rotatable bonds is 19. The molecule has 1 aliphatic rings. The third kappa shape index (κ3) is 19.7. The molecule has 0 bridgehead atoms. The Hall–Kier alpha value is -7.83. The Morgan fingerprint density at radius 1 is 0.956 bits per heavy atom. The number of aryl methyl sites for hydroxylation is 2. The van der Waals surface area contributed by atoms with Gasteiger partial charge in [-0.2, -0.15) is 11.5 Å². The minimum atomic E-state index is -0.663. The van der Waals surface area contributed by atoms with Gasteiger partial charge in [-0.25, -0.2) is 4.39 Å². The first-order chi connectivity index (χ1) is 32.4. The molecule has 20 heteroatoms. The van der Waals surface area contributed by atoms with Crippen molar-refractivity contribution in [3.63, 3.8) is 0 Å². The predicted molar refractivity (Wildman–Crippen MR) is 262 cm³/mol. The van der Waals surface area contributed by atoms with Crippen molar-refractivity contribution in [2.24, 2.45) is 10.8 Å². The fourth-order valence-electron chi connectivity index (χ4n) is 6.11. The van der Waals surface area contributed by atoms with E-state index in [1.807, 2.05) is 47.0 Å². The third-order valence-corrected chi connectivity index (χ3v) is 9.77. The molecular formula is C48H69FFmN11O7-. The summed E-state index contributed by atoms with van der Waals surface area (Å²) in [5.41, 5.74) is 18.6. The number of piperazine rings is 1. The SMILES string of the molecule is CC.CCNC.CCn1cc(-c2cnc(C)c(N)c2)ccc1=O.CN.CN/N=C(/Cc1ccc(F)c(C(=O)N2CCN(C(=O)CN([C-]=O)CCOCCNC=O)CC2)c1)c1ccccc1C=O.[Fm]. The molecule has 4 aromatic rings. The van der Waals surface area contributed by atoms with Gasteiger partial charge in [0, 0.05) is 94.4 Å². The summed E-state index contributed by atoms with van der Waals surface area (Å²) in [6.07, 6.45) is 6.87. The van der Waals surface area contributed by atoms with E-state index in [0.717, 1.165) is 29.7 Å². The zero-order valence-corrected chi connectivity index (χ0v) is 42.8. The number of carbonyl (C=O) groups is 4. The number of halogens is 1. The van der Waals surface area contributed by atoms with Crippen molar-refractivity contribution in [2.75, 3.05) is 92.4 Å². The maximum atomic E-state index is 14.8. The average molecular weight is 1190 g/mol. The number of hydrazone groups is 1. The van der Waals surface area contributed by atoms with Gasteiger partial charge in [-0.3, -0.25) is 29.0 Å². The van der Waals surface area contributed by atoms with Crippen molar-refractivity contribution in [1.29, 1.82) is 0 Å². The fourth-order valence-corrected chi connectivity index (χ4v) is 6.11. The number of aromatic nitrogens is 2. The molecule has 3 heterocycles. The van der Waals surface area contributed by atoms with Gasteiger partial charge in [-0.05, 0) is 69.9 Å². The van der Waals surface area contributed by atoms with Crippen LogP contribution < -0.4 is 33.1 Å². The number of anilines is 1. The Kier molecular flexibility index (Phi) is 30.5. The molecule has 0 atom stereocenters. The monoisotopic (exact) mass is 1190 g/mol. The van der Waals surface area contributed by atoms with Gasteiger partial charge >= 0.3 is 0 Å². The van der Waals surface area contributed by atoms with E-state index in [-0.39, 0.29) is 75.9 Å². The molecule has 4 amide bonds. The van der Waals surface area contributed by atoms with Crippen LogP contribution in [-0.2, 0) is 32.1 Å². The number of amides is 4. The number of pyridine rings is 2. The van der Waals surface area contributed by atoms with Gasteiger partial charge < -0.3 is 56.3 Å².